The third-order valence-electron chi connectivity index (χ3n) is 3.15. The summed E-state index contributed by atoms with van der Waals surface area (Å²) in [5.41, 5.74) is 0.704. The smallest absolute Gasteiger partial charge is 0.341 e. The lowest BCUT2D eigenvalue weighted by molar-refractivity contribution is -0.0548. The van der Waals surface area contributed by atoms with E-state index in [4.69, 9.17) is 0 Å². The highest BCUT2D eigenvalue weighted by molar-refractivity contribution is 5.90. The van der Waals surface area contributed by atoms with Gasteiger partial charge < -0.3 is 9.84 Å². The quantitative estimate of drug-likeness (QED) is 0.763. The van der Waals surface area contributed by atoms with Crippen LogP contribution in [0.15, 0.2) is 6.20 Å². The maximum atomic E-state index is 11.4. The van der Waals surface area contributed by atoms with Crippen molar-refractivity contribution in [1.29, 1.82) is 0 Å². The summed E-state index contributed by atoms with van der Waals surface area (Å²) in [6.45, 7) is 3.65. The fourth-order valence-corrected chi connectivity index (χ4v) is 2.23. The van der Waals surface area contributed by atoms with Gasteiger partial charge in [-0.15, -0.1) is 0 Å². The van der Waals surface area contributed by atoms with E-state index < -0.39 is 5.60 Å². The van der Waals surface area contributed by atoms with Gasteiger partial charge in [-0.2, -0.15) is 5.10 Å². The Hall–Kier alpha value is -1.36. The average molecular weight is 224 g/mol. The van der Waals surface area contributed by atoms with Gasteiger partial charge in [0.2, 0.25) is 0 Å². The lowest BCUT2D eigenvalue weighted by Crippen LogP contribution is -2.42. The topological polar surface area (TPSA) is 64.3 Å². The van der Waals surface area contributed by atoms with E-state index >= 15 is 0 Å². The van der Waals surface area contributed by atoms with Crippen LogP contribution >= 0.6 is 0 Å². The zero-order valence-electron chi connectivity index (χ0n) is 9.73. The van der Waals surface area contributed by atoms with E-state index in [1.54, 1.807) is 4.68 Å². The molecule has 0 aromatic carbocycles. The van der Waals surface area contributed by atoms with E-state index in [0.29, 0.717) is 18.4 Å². The van der Waals surface area contributed by atoms with Crippen LogP contribution in [0.1, 0.15) is 41.9 Å². The van der Waals surface area contributed by atoms with Crippen LogP contribution in [-0.4, -0.2) is 33.6 Å². The number of hydrogen-bond donors (Lipinski definition) is 1. The van der Waals surface area contributed by atoms with Crippen molar-refractivity contribution in [3.63, 3.8) is 0 Å². The summed E-state index contributed by atoms with van der Waals surface area (Å²) >= 11 is 0. The van der Waals surface area contributed by atoms with Gasteiger partial charge in [-0.1, -0.05) is 0 Å². The summed E-state index contributed by atoms with van der Waals surface area (Å²) < 4.78 is 6.46. The Bertz CT molecular complexity index is 415. The van der Waals surface area contributed by atoms with Gasteiger partial charge in [-0.3, -0.25) is 4.68 Å². The summed E-state index contributed by atoms with van der Waals surface area (Å²) in [5, 5.41) is 13.8. The van der Waals surface area contributed by atoms with Crippen LogP contribution in [0, 0.1) is 6.92 Å². The summed E-state index contributed by atoms with van der Waals surface area (Å²) in [4.78, 5) is 11.4. The first kappa shape index (κ1) is 11.1. The van der Waals surface area contributed by atoms with Gasteiger partial charge in [0.05, 0.1) is 30.6 Å². The van der Waals surface area contributed by atoms with Gasteiger partial charge in [-0.25, -0.2) is 4.79 Å². The SMILES string of the molecule is COC(=O)c1cnn([C@H]2C[C@@](C)(O)C2)c1C. The average Bonchev–Trinajstić information content (AvgIpc) is 2.55. The second kappa shape index (κ2) is 3.59. The second-order valence-electron chi connectivity index (χ2n) is 4.64. The molecule has 1 aromatic rings. The molecule has 1 heterocycles. The van der Waals surface area contributed by atoms with Crippen molar-refractivity contribution >= 4 is 5.97 Å². The van der Waals surface area contributed by atoms with Crippen LogP contribution in [-0.2, 0) is 4.74 Å². The van der Waals surface area contributed by atoms with Crippen LogP contribution < -0.4 is 0 Å². The molecule has 0 spiro atoms. The first-order valence-electron chi connectivity index (χ1n) is 5.29. The Morgan fingerprint density at radius 3 is 2.81 bits per heavy atom. The van der Waals surface area contributed by atoms with E-state index in [9.17, 15) is 9.90 Å². The van der Waals surface area contributed by atoms with Crippen molar-refractivity contribution in [2.24, 2.45) is 0 Å². The number of aromatic nitrogens is 2. The minimum Gasteiger partial charge on any atom is -0.465 e. The van der Waals surface area contributed by atoms with Crippen LogP contribution in [0.4, 0.5) is 0 Å². The molecule has 5 nitrogen and oxygen atoms in total. The van der Waals surface area contributed by atoms with Crippen LogP contribution in [0.5, 0.6) is 0 Å². The molecule has 88 valence electrons. The minimum atomic E-state index is -0.589. The van der Waals surface area contributed by atoms with E-state index in [1.807, 2.05) is 13.8 Å². The molecule has 0 radical (unpaired) electrons. The number of esters is 1. The lowest BCUT2D eigenvalue weighted by atomic mass is 9.77. The molecule has 0 aliphatic heterocycles. The first-order valence-corrected chi connectivity index (χ1v) is 5.29. The van der Waals surface area contributed by atoms with E-state index in [2.05, 4.69) is 9.84 Å². The standard InChI is InChI=1S/C11H16N2O3/c1-7-9(10(14)16-3)6-12-13(7)8-4-11(2,15)5-8/h6,8,15H,4-5H2,1-3H3/t8-,11+. The Kier molecular flexibility index (Phi) is 2.50. The van der Waals surface area contributed by atoms with Crippen molar-refractivity contribution in [3.8, 4) is 0 Å². The molecule has 1 aromatic heterocycles. The molecule has 5 heteroatoms. The fraction of sp³-hybridized carbons (Fsp3) is 0.636. The third-order valence-corrected chi connectivity index (χ3v) is 3.15. The van der Waals surface area contributed by atoms with Crippen molar-refractivity contribution in [2.45, 2.75) is 38.3 Å². The first-order chi connectivity index (χ1) is 7.44. The maximum Gasteiger partial charge on any atom is 0.341 e. The Morgan fingerprint density at radius 2 is 2.31 bits per heavy atom. The lowest BCUT2D eigenvalue weighted by Gasteiger charge is -2.41. The van der Waals surface area contributed by atoms with Crippen LogP contribution in [0.25, 0.3) is 0 Å². The number of ether oxygens (including phenoxy) is 1. The molecule has 16 heavy (non-hydrogen) atoms. The van der Waals surface area contributed by atoms with Gasteiger partial charge in [0.1, 0.15) is 5.56 Å². The highest BCUT2D eigenvalue weighted by Crippen LogP contribution is 2.41. The summed E-state index contributed by atoms with van der Waals surface area (Å²) in [5.74, 6) is -0.366. The molecule has 1 N–H and O–H groups in total. The second-order valence-corrected chi connectivity index (χ2v) is 4.64. The van der Waals surface area contributed by atoms with Crippen LogP contribution in [0.3, 0.4) is 0 Å². The molecule has 0 saturated heterocycles. The Morgan fingerprint density at radius 1 is 1.69 bits per heavy atom. The zero-order valence-corrected chi connectivity index (χ0v) is 9.73. The normalized spacial score (nSPS) is 28.6. The summed E-state index contributed by atoms with van der Waals surface area (Å²) in [6.07, 6.45) is 2.88. The Labute approximate surface area is 94.0 Å². The summed E-state index contributed by atoms with van der Waals surface area (Å²) in [6, 6.07) is 0.188. The highest BCUT2D eigenvalue weighted by atomic mass is 16.5. The number of rotatable bonds is 2. The molecule has 0 bridgehead atoms. The molecule has 0 amide bonds. The summed E-state index contributed by atoms with van der Waals surface area (Å²) in [7, 11) is 1.35. The van der Waals surface area contributed by atoms with E-state index in [0.717, 1.165) is 5.69 Å². The van der Waals surface area contributed by atoms with Crippen molar-refractivity contribution < 1.29 is 14.6 Å². The van der Waals surface area contributed by atoms with Gasteiger partial charge in [0, 0.05) is 0 Å². The molecule has 0 unspecified atom stereocenters. The number of carbonyl (C=O) groups excluding carboxylic acids is 1. The van der Waals surface area contributed by atoms with Crippen molar-refractivity contribution in [3.05, 3.63) is 17.5 Å². The van der Waals surface area contributed by atoms with Gasteiger partial charge in [0.25, 0.3) is 0 Å². The molecule has 1 saturated carbocycles. The molecule has 0 atom stereocenters. The minimum absolute atomic E-state index is 0.188. The van der Waals surface area contributed by atoms with E-state index in [-0.39, 0.29) is 12.0 Å². The maximum absolute atomic E-state index is 11.4. The van der Waals surface area contributed by atoms with Crippen LogP contribution in [0.2, 0.25) is 0 Å². The predicted molar refractivity (Wildman–Crippen MR) is 57.2 cm³/mol. The van der Waals surface area contributed by atoms with Gasteiger partial charge in [0.15, 0.2) is 0 Å². The number of aliphatic hydroxyl groups is 1. The fourth-order valence-electron chi connectivity index (χ4n) is 2.23. The molecule has 1 aliphatic rings. The molecular weight excluding hydrogens is 208 g/mol. The number of methoxy groups -OCH3 is 1. The van der Waals surface area contributed by atoms with Crippen molar-refractivity contribution in [2.75, 3.05) is 7.11 Å². The van der Waals surface area contributed by atoms with Gasteiger partial charge in [-0.05, 0) is 26.7 Å². The highest BCUT2D eigenvalue weighted by Gasteiger charge is 2.40. The molecule has 2 rings (SSSR count). The largest absolute Gasteiger partial charge is 0.465 e. The van der Waals surface area contributed by atoms with Crippen molar-refractivity contribution in [1.82, 2.24) is 9.78 Å². The van der Waals surface area contributed by atoms with Gasteiger partial charge >= 0.3 is 5.97 Å². The number of nitrogens with zero attached hydrogens (tertiary/aromatic N) is 2. The Balaban J connectivity index is 2.19. The zero-order chi connectivity index (χ0) is 11.9. The molecule has 1 aliphatic carbocycles. The monoisotopic (exact) mass is 224 g/mol. The molecular formula is C11H16N2O3. The number of hydrogen-bond acceptors (Lipinski definition) is 4. The number of carbonyl (C=O) groups is 1. The van der Waals surface area contributed by atoms with E-state index in [1.165, 1.54) is 13.3 Å². The third kappa shape index (κ3) is 1.71. The predicted octanol–water partition coefficient (Wildman–Crippen LogP) is 1.06. The molecule has 1 fully saturated rings.